The van der Waals surface area contributed by atoms with E-state index in [1.165, 1.54) is 31.2 Å². The van der Waals surface area contributed by atoms with Gasteiger partial charge in [0, 0.05) is 32.2 Å². The maximum Gasteiger partial charge on any atom is 0.126 e. The van der Waals surface area contributed by atoms with Crippen molar-refractivity contribution in [1.29, 1.82) is 0 Å². The van der Waals surface area contributed by atoms with E-state index in [2.05, 4.69) is 16.3 Å². The summed E-state index contributed by atoms with van der Waals surface area (Å²) in [6.07, 6.45) is 5.26. The average Bonchev–Trinajstić information content (AvgIpc) is 2.99. The van der Waals surface area contributed by atoms with Crippen molar-refractivity contribution in [3.8, 4) is 0 Å². The van der Waals surface area contributed by atoms with Gasteiger partial charge in [-0.1, -0.05) is 25.0 Å². The molecule has 1 aliphatic carbocycles. The Morgan fingerprint density at radius 2 is 1.86 bits per heavy atom. The summed E-state index contributed by atoms with van der Waals surface area (Å²) in [5, 5.41) is 3.42. The third-order valence-electron chi connectivity index (χ3n) is 5.02. The van der Waals surface area contributed by atoms with Crippen molar-refractivity contribution in [2.75, 3.05) is 26.2 Å². The normalized spacial score (nSPS) is 22.0. The molecule has 0 amide bonds. The van der Waals surface area contributed by atoms with Crippen LogP contribution in [-0.4, -0.2) is 31.1 Å². The van der Waals surface area contributed by atoms with Crippen LogP contribution in [0.15, 0.2) is 18.2 Å². The highest BCUT2D eigenvalue weighted by molar-refractivity contribution is 5.85. The summed E-state index contributed by atoms with van der Waals surface area (Å²) in [7, 11) is 0. The zero-order valence-electron chi connectivity index (χ0n) is 12.8. The Morgan fingerprint density at radius 3 is 2.52 bits per heavy atom. The van der Waals surface area contributed by atoms with E-state index in [9.17, 15) is 4.39 Å². The lowest BCUT2D eigenvalue weighted by Gasteiger charge is -2.39. The molecule has 4 heteroatoms. The highest BCUT2D eigenvalue weighted by atomic mass is 35.5. The standard InChI is InChI=1S/C17H25FN2.ClH/c1-13-15(7-4-8-16(13)18)17(14-5-2-3-6-14)20-11-9-19-10-12-20;/h4,7-8,14,17,19H,2-3,5-6,9-12H2,1H3;1H/t17-;/m0./s1. The Kier molecular flexibility index (Phi) is 6.03. The van der Waals surface area contributed by atoms with Crippen LogP contribution in [0.25, 0.3) is 0 Å². The molecule has 0 aromatic heterocycles. The number of halogens is 2. The second-order valence-electron chi connectivity index (χ2n) is 6.23. The van der Waals surface area contributed by atoms with Gasteiger partial charge in [-0.25, -0.2) is 4.39 Å². The predicted molar refractivity (Wildman–Crippen MR) is 87.5 cm³/mol. The van der Waals surface area contributed by atoms with Crippen LogP contribution in [0.1, 0.15) is 42.9 Å². The number of benzene rings is 1. The van der Waals surface area contributed by atoms with Gasteiger partial charge < -0.3 is 5.32 Å². The fourth-order valence-corrected chi connectivity index (χ4v) is 3.93. The van der Waals surface area contributed by atoms with Crippen molar-refractivity contribution in [2.24, 2.45) is 5.92 Å². The van der Waals surface area contributed by atoms with Crippen molar-refractivity contribution in [3.63, 3.8) is 0 Å². The van der Waals surface area contributed by atoms with Crippen LogP contribution >= 0.6 is 12.4 Å². The monoisotopic (exact) mass is 312 g/mol. The molecule has 1 atom stereocenters. The van der Waals surface area contributed by atoms with Crippen LogP contribution in [0.5, 0.6) is 0 Å². The predicted octanol–water partition coefficient (Wildman–Crippen LogP) is 3.69. The van der Waals surface area contributed by atoms with Crippen LogP contribution in [0.4, 0.5) is 4.39 Å². The van der Waals surface area contributed by atoms with Gasteiger partial charge >= 0.3 is 0 Å². The number of rotatable bonds is 3. The summed E-state index contributed by atoms with van der Waals surface area (Å²) < 4.78 is 14.0. The molecule has 2 nitrogen and oxygen atoms in total. The third-order valence-corrected chi connectivity index (χ3v) is 5.02. The van der Waals surface area contributed by atoms with Gasteiger partial charge in [-0.2, -0.15) is 0 Å². The molecule has 1 N–H and O–H groups in total. The number of hydrogen-bond acceptors (Lipinski definition) is 2. The molecule has 0 radical (unpaired) electrons. The van der Waals surface area contributed by atoms with E-state index in [0.29, 0.717) is 12.0 Å². The molecule has 2 fully saturated rings. The first-order valence-electron chi connectivity index (χ1n) is 7.97. The van der Waals surface area contributed by atoms with Gasteiger partial charge in [-0.15, -0.1) is 12.4 Å². The van der Waals surface area contributed by atoms with Gasteiger partial charge in [0.25, 0.3) is 0 Å². The minimum absolute atomic E-state index is 0. The number of piperazine rings is 1. The molecule has 1 aliphatic heterocycles. The van der Waals surface area contributed by atoms with Gasteiger partial charge in [0.05, 0.1) is 0 Å². The van der Waals surface area contributed by atoms with E-state index in [0.717, 1.165) is 31.7 Å². The second kappa shape index (κ2) is 7.57. The number of hydrogen-bond donors (Lipinski definition) is 1. The molecule has 3 rings (SSSR count). The Bertz CT molecular complexity index is 454. The summed E-state index contributed by atoms with van der Waals surface area (Å²) in [6, 6.07) is 6.02. The van der Waals surface area contributed by atoms with Gasteiger partial charge in [0.15, 0.2) is 0 Å². The Morgan fingerprint density at radius 1 is 1.19 bits per heavy atom. The van der Waals surface area contributed by atoms with Crippen molar-refractivity contribution in [3.05, 3.63) is 35.1 Å². The Balaban J connectivity index is 0.00000161. The van der Waals surface area contributed by atoms with Gasteiger partial charge in [0.1, 0.15) is 5.82 Å². The van der Waals surface area contributed by atoms with Crippen LogP contribution in [0, 0.1) is 18.7 Å². The van der Waals surface area contributed by atoms with Gasteiger partial charge in [-0.05, 0) is 42.9 Å². The molecule has 2 aliphatic rings. The van der Waals surface area contributed by atoms with E-state index in [4.69, 9.17) is 0 Å². The number of nitrogens with one attached hydrogen (secondary N) is 1. The Hall–Kier alpha value is -0.640. The topological polar surface area (TPSA) is 15.3 Å². The SMILES string of the molecule is Cc1c(F)cccc1[C@H](C1CCCC1)N1CCNCC1.Cl. The largest absolute Gasteiger partial charge is 0.314 e. The lowest BCUT2D eigenvalue weighted by Crippen LogP contribution is -2.46. The van der Waals surface area contributed by atoms with E-state index >= 15 is 0 Å². The molecular weight excluding hydrogens is 287 g/mol. The fourth-order valence-electron chi connectivity index (χ4n) is 3.93. The van der Waals surface area contributed by atoms with Crippen molar-refractivity contribution in [2.45, 2.75) is 38.6 Å². The summed E-state index contributed by atoms with van der Waals surface area (Å²) in [5.74, 6) is 0.647. The van der Waals surface area contributed by atoms with Crippen LogP contribution in [0.3, 0.4) is 0 Å². The maximum absolute atomic E-state index is 14.0. The van der Waals surface area contributed by atoms with Crippen LogP contribution in [-0.2, 0) is 0 Å². The van der Waals surface area contributed by atoms with E-state index in [1.807, 2.05) is 13.0 Å². The zero-order valence-corrected chi connectivity index (χ0v) is 13.6. The highest BCUT2D eigenvalue weighted by Crippen LogP contribution is 2.40. The molecule has 0 unspecified atom stereocenters. The summed E-state index contributed by atoms with van der Waals surface area (Å²) in [6.45, 7) is 6.21. The van der Waals surface area contributed by atoms with E-state index < -0.39 is 0 Å². The molecule has 1 saturated heterocycles. The smallest absolute Gasteiger partial charge is 0.126 e. The lowest BCUT2D eigenvalue weighted by atomic mass is 9.87. The summed E-state index contributed by atoms with van der Waals surface area (Å²) >= 11 is 0. The van der Waals surface area contributed by atoms with E-state index in [1.54, 1.807) is 6.07 Å². The highest BCUT2D eigenvalue weighted by Gasteiger charge is 2.32. The quantitative estimate of drug-likeness (QED) is 0.915. The second-order valence-corrected chi connectivity index (χ2v) is 6.23. The van der Waals surface area contributed by atoms with Crippen LogP contribution in [0.2, 0.25) is 0 Å². The van der Waals surface area contributed by atoms with Gasteiger partial charge in [0.2, 0.25) is 0 Å². The average molecular weight is 313 g/mol. The van der Waals surface area contributed by atoms with Crippen LogP contribution < -0.4 is 5.32 Å². The maximum atomic E-state index is 14.0. The molecule has 0 spiro atoms. The third kappa shape index (κ3) is 3.58. The number of nitrogens with zero attached hydrogens (tertiary/aromatic N) is 1. The van der Waals surface area contributed by atoms with Crippen molar-refractivity contribution < 1.29 is 4.39 Å². The summed E-state index contributed by atoms with van der Waals surface area (Å²) in [5.41, 5.74) is 2.07. The molecule has 1 aromatic rings. The molecular formula is C17H26ClFN2. The molecule has 21 heavy (non-hydrogen) atoms. The first-order valence-corrected chi connectivity index (χ1v) is 7.97. The van der Waals surface area contributed by atoms with E-state index in [-0.39, 0.29) is 18.2 Å². The molecule has 118 valence electrons. The van der Waals surface area contributed by atoms with Crippen molar-refractivity contribution in [1.82, 2.24) is 10.2 Å². The summed E-state index contributed by atoms with van der Waals surface area (Å²) in [4.78, 5) is 2.58. The molecule has 0 bridgehead atoms. The fraction of sp³-hybridized carbons (Fsp3) is 0.647. The van der Waals surface area contributed by atoms with Crippen molar-refractivity contribution >= 4 is 12.4 Å². The molecule has 1 saturated carbocycles. The first-order chi connectivity index (χ1) is 9.77. The zero-order chi connectivity index (χ0) is 13.9. The molecule has 1 heterocycles. The molecule has 1 aromatic carbocycles. The first kappa shape index (κ1) is 16.7. The minimum Gasteiger partial charge on any atom is -0.314 e. The Labute approximate surface area is 133 Å². The lowest BCUT2D eigenvalue weighted by molar-refractivity contribution is 0.125. The minimum atomic E-state index is -0.0550. The van der Waals surface area contributed by atoms with Gasteiger partial charge in [-0.3, -0.25) is 4.90 Å².